The minimum atomic E-state index is -0.128. The number of hydrogen-bond acceptors (Lipinski definition) is 6. The highest BCUT2D eigenvalue weighted by molar-refractivity contribution is 7.00. The van der Waals surface area contributed by atoms with Gasteiger partial charge in [-0.3, -0.25) is 0 Å². The number of nitrogens with zero attached hydrogens (tertiary/aromatic N) is 7. The minimum Gasteiger partial charge on any atom is -0.311 e. The molecule has 15 aromatic rings. The second-order valence-electron chi connectivity index (χ2n) is 23.0. The molecular formula is C82H52BN7. The number of para-hydroxylation sites is 2. The van der Waals surface area contributed by atoms with E-state index in [-0.39, 0.29) is 6.71 Å². The molecule has 2 aromatic heterocycles. The van der Waals surface area contributed by atoms with E-state index in [0.717, 1.165) is 95.0 Å². The Morgan fingerprint density at radius 1 is 0.289 bits per heavy atom. The van der Waals surface area contributed by atoms with E-state index in [1.807, 2.05) is 78.9 Å². The maximum absolute atomic E-state index is 10.6. The maximum atomic E-state index is 10.6. The van der Waals surface area contributed by atoms with Gasteiger partial charge in [-0.05, 0) is 152 Å². The third-order valence-corrected chi connectivity index (χ3v) is 17.8. The summed E-state index contributed by atoms with van der Waals surface area (Å²) in [6.07, 6.45) is 0. The molecule has 4 heterocycles. The molecule has 8 heteroatoms. The van der Waals surface area contributed by atoms with E-state index in [1.54, 1.807) is 0 Å². The fraction of sp³-hybridized carbons (Fsp3) is 0. The summed E-state index contributed by atoms with van der Waals surface area (Å²) >= 11 is 0. The first kappa shape index (κ1) is 52.2. The summed E-state index contributed by atoms with van der Waals surface area (Å²) in [6, 6.07) is 115. The Kier molecular flexibility index (Phi) is 12.6. The van der Waals surface area contributed by atoms with E-state index < -0.39 is 0 Å². The summed E-state index contributed by atoms with van der Waals surface area (Å²) in [7, 11) is 0. The first-order chi connectivity index (χ1) is 44.6. The smallest absolute Gasteiger partial charge is 0.252 e. The average Bonchev–Trinajstić information content (AvgIpc) is 0.835. The van der Waals surface area contributed by atoms with Crippen molar-refractivity contribution in [3.8, 4) is 90.4 Å². The average molecular weight is 1150 g/mol. The number of anilines is 6. The Morgan fingerprint density at radius 3 is 1.09 bits per heavy atom. The molecule has 0 N–H and O–H groups in total. The molecule has 0 bridgehead atoms. The van der Waals surface area contributed by atoms with Crippen LogP contribution in [0.25, 0.3) is 106 Å². The number of nitriles is 1. The fourth-order valence-corrected chi connectivity index (χ4v) is 13.7. The fourth-order valence-electron chi connectivity index (χ4n) is 13.7. The topological polar surface area (TPSA) is 73.9 Å². The summed E-state index contributed by atoms with van der Waals surface area (Å²) in [6.45, 7) is -0.128. The molecule has 13 aromatic carbocycles. The number of fused-ring (bicyclic) bond motifs is 7. The molecule has 0 radical (unpaired) electrons. The first-order valence-electron chi connectivity index (χ1n) is 30.4. The molecule has 0 saturated heterocycles. The summed E-state index contributed by atoms with van der Waals surface area (Å²) in [5.41, 5.74) is 25.2. The molecule has 90 heavy (non-hydrogen) atoms. The minimum absolute atomic E-state index is 0.128. The summed E-state index contributed by atoms with van der Waals surface area (Å²) in [5, 5.41) is 12.7. The molecule has 0 amide bonds. The van der Waals surface area contributed by atoms with Gasteiger partial charge < -0.3 is 14.4 Å². The van der Waals surface area contributed by atoms with Crippen molar-refractivity contribution in [1.82, 2.24) is 19.5 Å². The first-order valence-corrected chi connectivity index (χ1v) is 30.4. The molecule has 0 aliphatic carbocycles. The molecule has 17 rings (SSSR count). The number of aromatic nitrogens is 4. The predicted molar refractivity (Wildman–Crippen MR) is 371 cm³/mol. The predicted octanol–water partition coefficient (Wildman–Crippen LogP) is 18.6. The van der Waals surface area contributed by atoms with Crippen LogP contribution < -0.4 is 26.2 Å². The number of hydrogen-bond donors (Lipinski definition) is 0. The molecular weight excluding hydrogens is 1090 g/mol. The van der Waals surface area contributed by atoms with Gasteiger partial charge >= 0.3 is 0 Å². The van der Waals surface area contributed by atoms with Gasteiger partial charge in [-0.15, -0.1) is 0 Å². The zero-order valence-corrected chi connectivity index (χ0v) is 48.7. The van der Waals surface area contributed by atoms with Crippen LogP contribution in [-0.4, -0.2) is 26.2 Å². The Morgan fingerprint density at radius 2 is 0.656 bits per heavy atom. The van der Waals surface area contributed by atoms with Crippen LogP contribution in [0.15, 0.2) is 315 Å². The molecule has 2 aliphatic heterocycles. The molecule has 7 nitrogen and oxygen atoms in total. The summed E-state index contributed by atoms with van der Waals surface area (Å²) in [5.74, 6) is 1.55. The van der Waals surface area contributed by atoms with E-state index in [9.17, 15) is 5.26 Å². The zero-order chi connectivity index (χ0) is 59.7. The molecule has 0 unspecified atom stereocenters. The Bertz CT molecular complexity index is 5090. The van der Waals surface area contributed by atoms with E-state index in [2.05, 4.69) is 257 Å². The van der Waals surface area contributed by atoms with Crippen LogP contribution in [0.5, 0.6) is 0 Å². The van der Waals surface area contributed by atoms with Crippen molar-refractivity contribution >= 4 is 79.0 Å². The molecule has 2 aliphatic rings. The highest BCUT2D eigenvalue weighted by atomic mass is 15.2. The second-order valence-corrected chi connectivity index (χ2v) is 23.0. The van der Waals surface area contributed by atoms with Gasteiger partial charge in [-0.2, -0.15) is 5.26 Å². The van der Waals surface area contributed by atoms with Crippen LogP contribution in [0.3, 0.4) is 0 Å². The Balaban J connectivity index is 0.925. The van der Waals surface area contributed by atoms with Crippen LogP contribution in [0.4, 0.5) is 34.1 Å². The number of benzene rings is 13. The highest BCUT2D eigenvalue weighted by Gasteiger charge is 2.44. The molecule has 0 spiro atoms. The molecule has 0 fully saturated rings. The monoisotopic (exact) mass is 1150 g/mol. The van der Waals surface area contributed by atoms with E-state index >= 15 is 0 Å². The maximum Gasteiger partial charge on any atom is 0.252 e. The standard InChI is InChI=1S/C82H52BN7/c84-53-54-36-41-74(69(46-54)82-86-80(58-28-14-4-15-29-58)85-81(87-82)59-30-16-5-17-31-59)90-72-42-37-60(55-22-8-1-9-23-55)47-67(72)68-48-61(38-43-73(68)90)64-51-77-79-78(52-64)89(66-34-20-7-21-35-66)76-45-40-63(57-26-12-3-13-27-57)50-71(76)83(79)70-49-62(56-24-10-2-11-25-56)39-44-75(70)88(77)65-32-18-6-19-33-65/h1-52H. The van der Waals surface area contributed by atoms with E-state index in [1.165, 1.54) is 38.6 Å². The van der Waals surface area contributed by atoms with Gasteiger partial charge in [0.1, 0.15) is 0 Å². The lowest BCUT2D eigenvalue weighted by Gasteiger charge is -2.44. The van der Waals surface area contributed by atoms with Crippen LogP contribution in [0.1, 0.15) is 5.56 Å². The Hall–Kier alpha value is -12.2. The van der Waals surface area contributed by atoms with Crippen LogP contribution >= 0.6 is 0 Å². The summed E-state index contributed by atoms with van der Waals surface area (Å²) < 4.78 is 2.32. The lowest BCUT2D eigenvalue weighted by molar-refractivity contribution is 1.06. The Labute approximate surface area is 522 Å². The van der Waals surface area contributed by atoms with Crippen LogP contribution in [-0.2, 0) is 0 Å². The third-order valence-electron chi connectivity index (χ3n) is 17.8. The van der Waals surface area contributed by atoms with Crippen molar-refractivity contribution in [2.45, 2.75) is 0 Å². The normalized spacial score (nSPS) is 12.1. The van der Waals surface area contributed by atoms with Crippen molar-refractivity contribution < 1.29 is 0 Å². The van der Waals surface area contributed by atoms with E-state index in [0.29, 0.717) is 28.6 Å². The summed E-state index contributed by atoms with van der Waals surface area (Å²) in [4.78, 5) is 20.5. The van der Waals surface area contributed by atoms with Crippen molar-refractivity contribution in [1.29, 1.82) is 5.26 Å². The van der Waals surface area contributed by atoms with Crippen molar-refractivity contribution in [3.63, 3.8) is 0 Å². The molecule has 418 valence electrons. The number of rotatable bonds is 10. The van der Waals surface area contributed by atoms with Crippen LogP contribution in [0.2, 0.25) is 0 Å². The molecule has 0 saturated carbocycles. The van der Waals surface area contributed by atoms with Gasteiger partial charge in [0.2, 0.25) is 0 Å². The van der Waals surface area contributed by atoms with Crippen LogP contribution in [0, 0.1) is 11.3 Å². The van der Waals surface area contributed by atoms with Crippen molar-refractivity contribution in [2.24, 2.45) is 0 Å². The quantitative estimate of drug-likeness (QED) is 0.127. The van der Waals surface area contributed by atoms with Gasteiger partial charge in [0, 0.05) is 61.6 Å². The highest BCUT2D eigenvalue weighted by Crippen LogP contribution is 2.48. The third kappa shape index (κ3) is 8.87. The van der Waals surface area contributed by atoms with Crippen molar-refractivity contribution in [3.05, 3.63) is 321 Å². The lowest BCUT2D eigenvalue weighted by Crippen LogP contribution is -2.61. The molecule has 0 atom stereocenters. The van der Waals surface area contributed by atoms with Crippen molar-refractivity contribution in [2.75, 3.05) is 9.80 Å². The van der Waals surface area contributed by atoms with Gasteiger partial charge in [-0.1, -0.05) is 224 Å². The lowest BCUT2D eigenvalue weighted by atomic mass is 9.33. The van der Waals surface area contributed by atoms with E-state index in [4.69, 9.17) is 15.0 Å². The van der Waals surface area contributed by atoms with Gasteiger partial charge in [0.05, 0.1) is 28.4 Å². The van der Waals surface area contributed by atoms with Gasteiger partial charge in [0.15, 0.2) is 17.5 Å². The second kappa shape index (κ2) is 21.7. The van der Waals surface area contributed by atoms with Gasteiger partial charge in [-0.25, -0.2) is 15.0 Å². The SMILES string of the molecule is N#Cc1ccc(-n2c3ccc(-c4ccccc4)cc3c3cc(-c4cc5c6c(c4)N(c4ccccc4)c4ccc(-c7ccccc7)cc4B6c4cc(-c6ccccc6)ccc4N5c4ccccc4)ccc32)c(-c2nc(-c3ccccc3)nc(-c3ccccc3)n2)c1. The largest absolute Gasteiger partial charge is 0.311 e. The van der Waals surface area contributed by atoms with Gasteiger partial charge in [0.25, 0.3) is 6.71 Å². The zero-order valence-electron chi connectivity index (χ0n) is 48.7.